The molecule has 156 valence electrons. The Balaban J connectivity index is 1.34. The van der Waals surface area contributed by atoms with Crippen LogP contribution in [-0.4, -0.2) is 16.8 Å². The zero-order valence-electron chi connectivity index (χ0n) is 16.9. The van der Waals surface area contributed by atoms with Crippen LogP contribution in [0.3, 0.4) is 0 Å². The fourth-order valence-electron chi connectivity index (χ4n) is 3.51. The lowest BCUT2D eigenvalue weighted by Crippen LogP contribution is -2.31. The molecule has 1 atom stereocenters. The number of aryl methyl sites for hydroxylation is 2. The van der Waals surface area contributed by atoms with Crippen LogP contribution >= 0.6 is 11.8 Å². The van der Waals surface area contributed by atoms with Crippen LogP contribution in [-0.2, 0) is 17.8 Å². The van der Waals surface area contributed by atoms with E-state index in [-0.39, 0.29) is 24.2 Å². The molecule has 1 aliphatic rings. The quantitative estimate of drug-likeness (QED) is 0.607. The van der Waals surface area contributed by atoms with Crippen LogP contribution in [0.5, 0.6) is 5.75 Å². The minimum atomic E-state index is -0.275. The van der Waals surface area contributed by atoms with E-state index in [0.29, 0.717) is 12.4 Å². The Morgan fingerprint density at radius 2 is 2.07 bits per heavy atom. The molecule has 0 unspecified atom stereocenters. The SMILES string of the molecule is Cc1noc(C)c1COc1ccc(CC(=O)N[C@@H]2CCSc3ccc(F)cc32)cc1. The highest BCUT2D eigenvalue weighted by Crippen LogP contribution is 2.36. The molecule has 2 aromatic carbocycles. The first-order valence-corrected chi connectivity index (χ1v) is 10.8. The summed E-state index contributed by atoms with van der Waals surface area (Å²) in [6, 6.07) is 12.1. The van der Waals surface area contributed by atoms with Crippen molar-refractivity contribution in [2.45, 2.75) is 44.2 Å². The predicted octanol–water partition coefficient (Wildman–Crippen LogP) is 4.91. The molecule has 1 N–H and O–H groups in total. The molecular formula is C23H23FN2O3S. The standard InChI is InChI=1S/C23H23FN2O3S/c1-14-20(15(2)29-26-14)13-28-18-6-3-16(4-7-18)11-23(27)25-21-9-10-30-22-8-5-17(24)12-19(21)22/h3-8,12,21H,9-11,13H2,1-2H3,(H,25,27)/t21-/m1/s1. The molecule has 30 heavy (non-hydrogen) atoms. The van der Waals surface area contributed by atoms with Crippen molar-refractivity contribution in [2.75, 3.05) is 5.75 Å². The van der Waals surface area contributed by atoms with Crippen LogP contribution in [0.15, 0.2) is 51.9 Å². The number of nitrogens with zero attached hydrogens (tertiary/aromatic N) is 1. The molecule has 1 aliphatic heterocycles. The van der Waals surface area contributed by atoms with E-state index < -0.39 is 0 Å². The summed E-state index contributed by atoms with van der Waals surface area (Å²) in [5.74, 6) is 2.02. The summed E-state index contributed by atoms with van der Waals surface area (Å²) in [5.41, 5.74) is 3.52. The van der Waals surface area contributed by atoms with Crippen molar-refractivity contribution in [3.05, 3.63) is 76.4 Å². The second kappa shape index (κ2) is 8.92. The molecule has 1 aromatic heterocycles. The van der Waals surface area contributed by atoms with Gasteiger partial charge in [-0.15, -0.1) is 11.8 Å². The van der Waals surface area contributed by atoms with Crippen LogP contribution in [0.4, 0.5) is 4.39 Å². The van der Waals surface area contributed by atoms with E-state index in [2.05, 4.69) is 10.5 Å². The lowest BCUT2D eigenvalue weighted by atomic mass is 10.0. The van der Waals surface area contributed by atoms with E-state index in [9.17, 15) is 9.18 Å². The van der Waals surface area contributed by atoms with Gasteiger partial charge in [0.25, 0.3) is 0 Å². The number of fused-ring (bicyclic) bond motifs is 1. The number of nitrogens with one attached hydrogen (secondary N) is 1. The van der Waals surface area contributed by atoms with Gasteiger partial charge in [-0.25, -0.2) is 4.39 Å². The minimum absolute atomic E-state index is 0.0773. The molecular weight excluding hydrogens is 403 g/mol. The van der Waals surface area contributed by atoms with E-state index in [0.717, 1.165) is 45.2 Å². The molecule has 2 heterocycles. The molecule has 1 amide bonds. The average Bonchev–Trinajstić information content (AvgIpc) is 3.05. The van der Waals surface area contributed by atoms with Crippen molar-refractivity contribution in [1.29, 1.82) is 0 Å². The number of halogens is 1. The molecule has 0 spiro atoms. The average molecular weight is 427 g/mol. The zero-order valence-corrected chi connectivity index (χ0v) is 17.7. The van der Waals surface area contributed by atoms with Crippen LogP contribution in [0.25, 0.3) is 0 Å². The monoisotopic (exact) mass is 426 g/mol. The largest absolute Gasteiger partial charge is 0.489 e. The summed E-state index contributed by atoms with van der Waals surface area (Å²) < 4.78 is 24.6. The highest BCUT2D eigenvalue weighted by Gasteiger charge is 2.23. The van der Waals surface area contributed by atoms with Crippen molar-refractivity contribution in [3.63, 3.8) is 0 Å². The Morgan fingerprint density at radius 1 is 1.27 bits per heavy atom. The van der Waals surface area contributed by atoms with Gasteiger partial charge in [0.1, 0.15) is 23.9 Å². The summed E-state index contributed by atoms with van der Waals surface area (Å²) in [6.45, 7) is 4.13. The predicted molar refractivity (Wildman–Crippen MR) is 113 cm³/mol. The van der Waals surface area contributed by atoms with Crippen molar-refractivity contribution < 1.29 is 18.4 Å². The van der Waals surface area contributed by atoms with Gasteiger partial charge in [0, 0.05) is 10.6 Å². The van der Waals surface area contributed by atoms with Crippen molar-refractivity contribution in [3.8, 4) is 5.75 Å². The van der Waals surface area contributed by atoms with E-state index in [4.69, 9.17) is 9.26 Å². The maximum atomic E-state index is 13.6. The number of carbonyl (C=O) groups is 1. The van der Waals surface area contributed by atoms with Crippen LogP contribution in [0.1, 0.15) is 40.6 Å². The van der Waals surface area contributed by atoms with Crippen molar-refractivity contribution >= 4 is 17.7 Å². The second-order valence-corrected chi connectivity index (χ2v) is 8.49. The van der Waals surface area contributed by atoms with Crippen LogP contribution in [0.2, 0.25) is 0 Å². The molecule has 7 heteroatoms. The van der Waals surface area contributed by atoms with Crippen LogP contribution in [0, 0.1) is 19.7 Å². The van der Waals surface area contributed by atoms with E-state index in [1.807, 2.05) is 38.1 Å². The van der Waals surface area contributed by atoms with E-state index in [1.165, 1.54) is 12.1 Å². The number of benzene rings is 2. The fourth-order valence-corrected chi connectivity index (χ4v) is 4.62. The Hall–Kier alpha value is -2.80. The number of aromatic nitrogens is 1. The van der Waals surface area contributed by atoms with Gasteiger partial charge in [0.2, 0.25) is 5.91 Å². The maximum absolute atomic E-state index is 13.6. The van der Waals surface area contributed by atoms with E-state index >= 15 is 0 Å². The van der Waals surface area contributed by atoms with Gasteiger partial charge in [-0.2, -0.15) is 0 Å². The normalized spacial score (nSPS) is 15.5. The summed E-state index contributed by atoms with van der Waals surface area (Å²) in [4.78, 5) is 13.6. The molecule has 0 fully saturated rings. The number of ether oxygens (including phenoxy) is 1. The minimum Gasteiger partial charge on any atom is -0.489 e. The van der Waals surface area contributed by atoms with Gasteiger partial charge < -0.3 is 14.6 Å². The molecule has 0 saturated carbocycles. The smallest absolute Gasteiger partial charge is 0.224 e. The third-order valence-corrected chi connectivity index (χ3v) is 6.32. The molecule has 3 aromatic rings. The molecule has 0 aliphatic carbocycles. The van der Waals surface area contributed by atoms with E-state index in [1.54, 1.807) is 17.8 Å². The Morgan fingerprint density at radius 3 is 2.80 bits per heavy atom. The van der Waals surface area contributed by atoms with Crippen molar-refractivity contribution in [1.82, 2.24) is 10.5 Å². The fraction of sp³-hybridized carbons (Fsp3) is 0.304. The van der Waals surface area contributed by atoms with Crippen LogP contribution < -0.4 is 10.1 Å². The third kappa shape index (κ3) is 4.67. The third-order valence-electron chi connectivity index (χ3n) is 5.20. The first-order valence-electron chi connectivity index (χ1n) is 9.84. The Labute approximate surface area is 179 Å². The van der Waals surface area contributed by atoms with Gasteiger partial charge in [-0.05, 0) is 61.7 Å². The topological polar surface area (TPSA) is 64.4 Å². The van der Waals surface area contributed by atoms with Gasteiger partial charge in [0.05, 0.1) is 23.7 Å². The summed E-state index contributed by atoms with van der Waals surface area (Å²) in [7, 11) is 0. The van der Waals surface area contributed by atoms with Gasteiger partial charge in [0.15, 0.2) is 0 Å². The number of rotatable bonds is 6. The van der Waals surface area contributed by atoms with Gasteiger partial charge >= 0.3 is 0 Å². The van der Waals surface area contributed by atoms with Gasteiger partial charge in [-0.1, -0.05) is 17.3 Å². The Bertz CT molecular complexity index is 1030. The highest BCUT2D eigenvalue weighted by molar-refractivity contribution is 7.99. The molecule has 4 rings (SSSR count). The number of hydrogen-bond acceptors (Lipinski definition) is 5. The summed E-state index contributed by atoms with van der Waals surface area (Å²) in [5, 5.41) is 6.97. The highest BCUT2D eigenvalue weighted by atomic mass is 32.2. The number of carbonyl (C=O) groups excluding carboxylic acids is 1. The number of thioether (sulfide) groups is 1. The molecule has 0 radical (unpaired) electrons. The molecule has 0 bridgehead atoms. The van der Waals surface area contributed by atoms with Gasteiger partial charge in [-0.3, -0.25) is 4.79 Å². The zero-order chi connectivity index (χ0) is 21.1. The Kier molecular flexibility index (Phi) is 6.08. The summed E-state index contributed by atoms with van der Waals surface area (Å²) >= 11 is 1.70. The maximum Gasteiger partial charge on any atom is 0.224 e. The molecule has 0 saturated heterocycles. The summed E-state index contributed by atoms with van der Waals surface area (Å²) in [6.07, 6.45) is 1.06. The first-order chi connectivity index (χ1) is 14.5. The first kappa shape index (κ1) is 20.5. The lowest BCUT2D eigenvalue weighted by molar-refractivity contribution is -0.121. The lowest BCUT2D eigenvalue weighted by Gasteiger charge is -2.26. The number of amides is 1. The number of hydrogen-bond donors (Lipinski definition) is 1. The van der Waals surface area contributed by atoms with Crippen molar-refractivity contribution in [2.24, 2.45) is 0 Å². The molecule has 5 nitrogen and oxygen atoms in total. The second-order valence-electron chi connectivity index (χ2n) is 7.35.